The van der Waals surface area contributed by atoms with Crippen LogP contribution in [0.3, 0.4) is 0 Å². The van der Waals surface area contributed by atoms with E-state index in [0.29, 0.717) is 11.5 Å². The number of anilines is 1. The minimum absolute atomic E-state index is 0.268. The summed E-state index contributed by atoms with van der Waals surface area (Å²) in [5.74, 6) is 0.584. The quantitative estimate of drug-likeness (QED) is 0.564. The van der Waals surface area contributed by atoms with Gasteiger partial charge in [0.1, 0.15) is 5.52 Å². The molecule has 114 valence electrons. The van der Waals surface area contributed by atoms with Crippen LogP contribution in [0.25, 0.3) is 22.6 Å². The van der Waals surface area contributed by atoms with E-state index in [1.165, 1.54) is 0 Å². The zero-order valence-electron chi connectivity index (χ0n) is 11.7. The van der Waals surface area contributed by atoms with Crippen molar-refractivity contribution in [1.29, 1.82) is 0 Å². The smallest absolute Gasteiger partial charge is 0.227 e. The van der Waals surface area contributed by atoms with Crippen molar-refractivity contribution >= 4 is 39.4 Å². The molecule has 1 unspecified atom stereocenters. The minimum atomic E-state index is -0.782. The van der Waals surface area contributed by atoms with Crippen molar-refractivity contribution < 1.29 is 14.6 Å². The van der Waals surface area contributed by atoms with Crippen LogP contribution in [0.4, 0.5) is 5.69 Å². The molecule has 0 fully saturated rings. The molecule has 1 atom stereocenters. The second-order valence-corrected chi connectivity index (χ2v) is 6.17. The zero-order valence-corrected chi connectivity index (χ0v) is 13.8. The third-order valence-corrected chi connectivity index (χ3v) is 3.88. The molecule has 0 spiro atoms. The van der Waals surface area contributed by atoms with Crippen LogP contribution in [0.15, 0.2) is 46.9 Å². The molecule has 0 aliphatic carbocycles. The van der Waals surface area contributed by atoms with Gasteiger partial charge in [0, 0.05) is 21.4 Å². The minimum Gasteiger partial charge on any atom is -0.436 e. The Morgan fingerprint density at radius 3 is 2.86 bits per heavy atom. The van der Waals surface area contributed by atoms with Crippen LogP contribution < -0.4 is 5.32 Å². The largest absolute Gasteiger partial charge is 0.436 e. The molecular formula is C16H15IN2O3. The van der Waals surface area contributed by atoms with Crippen molar-refractivity contribution in [2.45, 2.75) is 6.10 Å². The molecule has 0 saturated carbocycles. The lowest BCUT2D eigenvalue weighted by atomic mass is 10.2. The van der Waals surface area contributed by atoms with E-state index in [1.807, 2.05) is 42.5 Å². The maximum atomic E-state index is 9.36. The Hall–Kier alpha value is -1.64. The Labute approximate surface area is 141 Å². The van der Waals surface area contributed by atoms with Crippen LogP contribution in [-0.4, -0.2) is 34.5 Å². The zero-order chi connectivity index (χ0) is 15.5. The lowest BCUT2D eigenvalue weighted by Crippen LogP contribution is -2.22. The number of nitrogens with one attached hydrogen (secondary N) is 1. The third kappa shape index (κ3) is 3.40. The summed E-state index contributed by atoms with van der Waals surface area (Å²) >= 11 is 2.25. The monoisotopic (exact) mass is 410 g/mol. The summed E-state index contributed by atoms with van der Waals surface area (Å²) in [7, 11) is 0. The van der Waals surface area contributed by atoms with Gasteiger partial charge in [-0.3, -0.25) is 0 Å². The van der Waals surface area contributed by atoms with Gasteiger partial charge in [0.25, 0.3) is 0 Å². The number of nitrogens with zero attached hydrogens (tertiary/aromatic N) is 1. The Balaban J connectivity index is 1.87. The first-order valence-electron chi connectivity index (χ1n) is 6.85. The van der Waals surface area contributed by atoms with E-state index in [4.69, 9.17) is 9.52 Å². The molecular weight excluding hydrogens is 395 g/mol. The topological polar surface area (TPSA) is 78.5 Å². The van der Waals surface area contributed by atoms with Crippen LogP contribution in [0.1, 0.15) is 0 Å². The summed E-state index contributed by atoms with van der Waals surface area (Å²) in [4.78, 5) is 4.51. The van der Waals surface area contributed by atoms with Gasteiger partial charge in [0.2, 0.25) is 5.89 Å². The first-order chi connectivity index (χ1) is 10.7. The molecule has 3 aromatic rings. The Kier molecular flexibility index (Phi) is 4.60. The lowest BCUT2D eigenvalue weighted by Gasteiger charge is -2.09. The van der Waals surface area contributed by atoms with Crippen molar-refractivity contribution in [3.05, 3.63) is 46.0 Å². The summed E-state index contributed by atoms with van der Waals surface area (Å²) in [5.41, 5.74) is 3.22. The van der Waals surface area contributed by atoms with Crippen LogP contribution in [0, 0.1) is 3.57 Å². The van der Waals surface area contributed by atoms with E-state index in [2.05, 4.69) is 32.9 Å². The molecule has 1 aromatic heterocycles. The first-order valence-corrected chi connectivity index (χ1v) is 7.93. The molecule has 1 heterocycles. The summed E-state index contributed by atoms with van der Waals surface area (Å²) in [5, 5.41) is 21.2. The number of aliphatic hydroxyl groups is 2. The molecule has 3 rings (SSSR count). The molecule has 0 bridgehead atoms. The van der Waals surface area contributed by atoms with Crippen molar-refractivity contribution in [3.8, 4) is 11.5 Å². The van der Waals surface area contributed by atoms with Crippen molar-refractivity contribution in [2.75, 3.05) is 18.5 Å². The van der Waals surface area contributed by atoms with Gasteiger partial charge in [-0.1, -0.05) is 6.07 Å². The molecule has 0 radical (unpaired) electrons. The summed E-state index contributed by atoms with van der Waals surface area (Å²) < 4.78 is 6.90. The average Bonchev–Trinajstić information content (AvgIpc) is 2.95. The molecule has 22 heavy (non-hydrogen) atoms. The summed E-state index contributed by atoms with van der Waals surface area (Å²) in [6.07, 6.45) is -0.782. The van der Waals surface area contributed by atoms with Crippen LogP contribution in [0.5, 0.6) is 0 Å². The van der Waals surface area contributed by atoms with Gasteiger partial charge in [-0.25, -0.2) is 4.98 Å². The second-order valence-electron chi connectivity index (χ2n) is 4.93. The lowest BCUT2D eigenvalue weighted by molar-refractivity contribution is 0.105. The van der Waals surface area contributed by atoms with E-state index in [1.54, 1.807) is 0 Å². The molecule has 6 heteroatoms. The maximum Gasteiger partial charge on any atom is 0.227 e. The van der Waals surface area contributed by atoms with Crippen LogP contribution in [-0.2, 0) is 0 Å². The number of oxazole rings is 1. The molecule has 2 aromatic carbocycles. The van der Waals surface area contributed by atoms with Crippen molar-refractivity contribution in [1.82, 2.24) is 4.98 Å². The van der Waals surface area contributed by atoms with Gasteiger partial charge in [-0.15, -0.1) is 0 Å². The fourth-order valence-corrected chi connectivity index (χ4v) is 2.63. The predicted octanol–water partition coefficient (Wildman–Crippen LogP) is 2.86. The highest BCUT2D eigenvalue weighted by Crippen LogP contribution is 2.27. The number of fused-ring (bicyclic) bond motifs is 1. The number of halogens is 1. The van der Waals surface area contributed by atoms with Crippen molar-refractivity contribution in [3.63, 3.8) is 0 Å². The molecule has 0 aliphatic rings. The number of hydrogen-bond donors (Lipinski definition) is 3. The van der Waals surface area contributed by atoms with Gasteiger partial charge >= 0.3 is 0 Å². The van der Waals surface area contributed by atoms with E-state index in [-0.39, 0.29) is 13.2 Å². The van der Waals surface area contributed by atoms with E-state index < -0.39 is 6.10 Å². The fraction of sp³-hybridized carbons (Fsp3) is 0.188. The molecule has 0 aliphatic heterocycles. The molecule has 5 nitrogen and oxygen atoms in total. The molecule has 0 saturated heterocycles. The van der Waals surface area contributed by atoms with Gasteiger partial charge in [0.05, 0.1) is 12.7 Å². The first kappa shape index (κ1) is 15.3. The maximum absolute atomic E-state index is 9.36. The highest BCUT2D eigenvalue weighted by atomic mass is 127. The van der Waals surface area contributed by atoms with Crippen LogP contribution >= 0.6 is 22.6 Å². The highest BCUT2D eigenvalue weighted by Gasteiger charge is 2.09. The summed E-state index contributed by atoms with van der Waals surface area (Å²) in [6.45, 7) is 0.0135. The SMILES string of the molecule is OCC(O)CNc1ccc2oc(-c3cccc(I)c3)nc2c1. The number of benzene rings is 2. The third-order valence-electron chi connectivity index (χ3n) is 3.21. The molecule has 3 N–H and O–H groups in total. The number of aliphatic hydroxyl groups excluding tert-OH is 2. The van der Waals surface area contributed by atoms with Gasteiger partial charge in [-0.2, -0.15) is 0 Å². The van der Waals surface area contributed by atoms with Gasteiger partial charge < -0.3 is 19.9 Å². The normalized spacial score (nSPS) is 12.5. The van der Waals surface area contributed by atoms with E-state index >= 15 is 0 Å². The fourth-order valence-electron chi connectivity index (χ4n) is 2.08. The Morgan fingerprint density at radius 1 is 1.23 bits per heavy atom. The molecule has 0 amide bonds. The van der Waals surface area contributed by atoms with Crippen molar-refractivity contribution in [2.24, 2.45) is 0 Å². The average molecular weight is 410 g/mol. The van der Waals surface area contributed by atoms with Gasteiger partial charge in [0.15, 0.2) is 5.58 Å². The summed E-state index contributed by atoms with van der Waals surface area (Å²) in [6, 6.07) is 13.5. The van der Waals surface area contributed by atoms with E-state index in [0.717, 1.165) is 20.3 Å². The predicted molar refractivity (Wildman–Crippen MR) is 93.7 cm³/mol. The Bertz CT molecular complexity index is 788. The number of hydrogen-bond acceptors (Lipinski definition) is 5. The highest BCUT2D eigenvalue weighted by molar-refractivity contribution is 14.1. The second kappa shape index (κ2) is 6.64. The van der Waals surface area contributed by atoms with E-state index in [9.17, 15) is 5.11 Å². The van der Waals surface area contributed by atoms with Crippen LogP contribution in [0.2, 0.25) is 0 Å². The Morgan fingerprint density at radius 2 is 2.09 bits per heavy atom. The van der Waals surface area contributed by atoms with Gasteiger partial charge in [-0.05, 0) is 59.0 Å². The number of aromatic nitrogens is 1. The number of rotatable bonds is 5. The standard InChI is InChI=1S/C16H15IN2O3/c17-11-3-1-2-10(6-11)16-19-14-7-12(4-5-15(14)22-16)18-8-13(21)9-20/h1-7,13,18,20-21H,8-9H2.